The molecular formula is C28H48O14. The normalized spacial score (nSPS) is 11.0. The Kier molecular flexibility index (Phi) is 24.8. The van der Waals surface area contributed by atoms with Gasteiger partial charge in [0.15, 0.2) is 11.5 Å². The molecule has 0 unspecified atom stereocenters. The Morgan fingerprint density at radius 3 is 1.26 bits per heavy atom. The Balaban J connectivity index is 2.89. The number of hydrogen-bond donors (Lipinski definition) is 3. The summed E-state index contributed by atoms with van der Waals surface area (Å²) in [5.41, 5.74) is 0.231. The van der Waals surface area contributed by atoms with Crippen LogP contribution in [-0.4, -0.2) is 147 Å². The average molecular weight is 609 g/mol. The molecule has 1 rings (SSSR count). The van der Waals surface area contributed by atoms with Gasteiger partial charge < -0.3 is 62.7 Å². The highest BCUT2D eigenvalue weighted by atomic mass is 16.6. The van der Waals surface area contributed by atoms with Gasteiger partial charge in [-0.25, -0.2) is 4.79 Å². The molecule has 0 aliphatic heterocycles. The largest absolute Gasteiger partial charge is 0.487 e. The number of ether oxygens (including phenoxy) is 10. The van der Waals surface area contributed by atoms with Crippen molar-refractivity contribution < 1.29 is 67.5 Å². The minimum atomic E-state index is -0.529. The fourth-order valence-corrected chi connectivity index (χ4v) is 3.11. The van der Waals surface area contributed by atoms with E-state index in [1.807, 2.05) is 6.92 Å². The number of aliphatic hydroxyl groups excluding tert-OH is 3. The maximum Gasteiger partial charge on any atom is 0.338 e. The number of esters is 1. The lowest BCUT2D eigenvalue weighted by Gasteiger charge is -2.19. The molecule has 0 atom stereocenters. The van der Waals surface area contributed by atoms with E-state index in [0.717, 1.165) is 0 Å². The second-order valence-electron chi connectivity index (χ2n) is 8.33. The second kappa shape index (κ2) is 27.6. The zero-order valence-electron chi connectivity index (χ0n) is 24.6. The van der Waals surface area contributed by atoms with Crippen molar-refractivity contribution in [3.63, 3.8) is 0 Å². The molecule has 3 N–H and O–H groups in total. The predicted octanol–water partition coefficient (Wildman–Crippen LogP) is 0.466. The first-order chi connectivity index (χ1) is 20.7. The third-order valence-corrected chi connectivity index (χ3v) is 4.96. The molecule has 1 aromatic carbocycles. The summed E-state index contributed by atoms with van der Waals surface area (Å²) in [5, 5.41) is 26.3. The number of benzene rings is 1. The molecule has 0 aliphatic carbocycles. The molecule has 0 fully saturated rings. The first-order valence-corrected chi connectivity index (χ1v) is 14.2. The minimum Gasteiger partial charge on any atom is -0.487 e. The van der Waals surface area contributed by atoms with Gasteiger partial charge in [0.05, 0.1) is 111 Å². The SMILES string of the molecule is CCCOC(=O)c1cc(OCCOCCOCCO)c(OCCOCCOCCO)c(OCCOCCOCCO)c1. The molecule has 0 aromatic heterocycles. The van der Waals surface area contributed by atoms with E-state index >= 15 is 0 Å². The van der Waals surface area contributed by atoms with Crippen molar-refractivity contribution in [1.82, 2.24) is 0 Å². The zero-order valence-corrected chi connectivity index (χ0v) is 24.6. The fraction of sp³-hybridized carbons (Fsp3) is 0.750. The molecule has 0 saturated carbocycles. The molecule has 0 aliphatic rings. The maximum absolute atomic E-state index is 12.7. The van der Waals surface area contributed by atoms with Gasteiger partial charge in [0.1, 0.15) is 19.8 Å². The van der Waals surface area contributed by atoms with E-state index in [1.54, 1.807) is 0 Å². The summed E-state index contributed by atoms with van der Waals surface area (Å²) < 4.78 is 55.2. The Labute approximate surface area is 247 Å². The summed E-state index contributed by atoms with van der Waals surface area (Å²) in [6.07, 6.45) is 0.670. The lowest BCUT2D eigenvalue weighted by molar-refractivity contribution is 0.0206. The van der Waals surface area contributed by atoms with Crippen LogP contribution in [0.1, 0.15) is 23.7 Å². The van der Waals surface area contributed by atoms with Crippen molar-refractivity contribution in [2.45, 2.75) is 13.3 Å². The smallest absolute Gasteiger partial charge is 0.338 e. The summed E-state index contributed by atoms with van der Waals surface area (Å²) in [6, 6.07) is 3.06. The van der Waals surface area contributed by atoms with Crippen molar-refractivity contribution >= 4 is 5.97 Å². The van der Waals surface area contributed by atoms with E-state index in [4.69, 9.17) is 62.7 Å². The summed E-state index contributed by atoms with van der Waals surface area (Å²) in [5.74, 6) is 0.278. The average Bonchev–Trinajstić information content (AvgIpc) is 3.00. The monoisotopic (exact) mass is 608 g/mol. The maximum atomic E-state index is 12.7. The van der Waals surface area contributed by atoms with E-state index in [2.05, 4.69) is 0 Å². The molecule has 0 amide bonds. The van der Waals surface area contributed by atoms with Crippen molar-refractivity contribution in [3.05, 3.63) is 17.7 Å². The number of carbonyl (C=O) groups is 1. The molecule has 14 heteroatoms. The molecule has 14 nitrogen and oxygen atoms in total. The Morgan fingerprint density at radius 1 is 0.524 bits per heavy atom. The summed E-state index contributed by atoms with van der Waals surface area (Å²) in [7, 11) is 0. The summed E-state index contributed by atoms with van der Waals surface area (Å²) in [6.45, 7) is 5.93. The molecule has 0 heterocycles. The van der Waals surface area contributed by atoms with Gasteiger partial charge in [-0.3, -0.25) is 0 Å². The van der Waals surface area contributed by atoms with Gasteiger partial charge in [0.2, 0.25) is 5.75 Å². The predicted molar refractivity (Wildman–Crippen MR) is 150 cm³/mol. The van der Waals surface area contributed by atoms with Crippen LogP contribution in [0.2, 0.25) is 0 Å². The second-order valence-corrected chi connectivity index (χ2v) is 8.33. The standard InChI is InChI=1S/C28H48O14/c1-2-6-42-28(32)24-22-25(39-19-16-36-13-10-33-7-3-29)27(41-21-18-38-15-12-35-9-5-31)26(23-24)40-20-17-37-14-11-34-8-4-30/h22-23,29-31H,2-21H2,1H3. The summed E-state index contributed by atoms with van der Waals surface area (Å²) in [4.78, 5) is 12.7. The van der Waals surface area contributed by atoms with Crippen molar-refractivity contribution in [2.75, 3.05) is 126 Å². The van der Waals surface area contributed by atoms with Crippen LogP contribution in [0.25, 0.3) is 0 Å². The van der Waals surface area contributed by atoms with Gasteiger partial charge in [-0.15, -0.1) is 0 Å². The number of carbonyl (C=O) groups excluding carboxylic acids is 1. The number of hydrogen-bond acceptors (Lipinski definition) is 14. The lowest BCUT2D eigenvalue weighted by Crippen LogP contribution is -2.16. The topological polar surface area (TPSA) is 170 Å². The van der Waals surface area contributed by atoms with Crippen LogP contribution in [0.15, 0.2) is 12.1 Å². The molecule has 0 spiro atoms. The zero-order chi connectivity index (χ0) is 30.5. The van der Waals surface area contributed by atoms with Crippen LogP contribution in [0.3, 0.4) is 0 Å². The van der Waals surface area contributed by atoms with E-state index in [9.17, 15) is 4.79 Å². The molecule has 0 radical (unpaired) electrons. The molecule has 0 bridgehead atoms. The third kappa shape index (κ3) is 19.0. The van der Waals surface area contributed by atoms with Crippen LogP contribution in [-0.2, 0) is 33.2 Å². The van der Waals surface area contributed by atoms with Crippen molar-refractivity contribution in [1.29, 1.82) is 0 Å². The van der Waals surface area contributed by atoms with Gasteiger partial charge in [-0.2, -0.15) is 0 Å². The fourth-order valence-electron chi connectivity index (χ4n) is 3.11. The Bertz CT molecular complexity index is 738. The van der Waals surface area contributed by atoms with Crippen molar-refractivity contribution in [2.24, 2.45) is 0 Å². The molecule has 42 heavy (non-hydrogen) atoms. The van der Waals surface area contributed by atoms with Gasteiger partial charge in [0.25, 0.3) is 0 Å². The highest BCUT2D eigenvalue weighted by Crippen LogP contribution is 2.39. The molecule has 0 saturated heterocycles. The van der Waals surface area contributed by atoms with E-state index in [1.165, 1.54) is 12.1 Å². The lowest BCUT2D eigenvalue weighted by atomic mass is 10.2. The van der Waals surface area contributed by atoms with Gasteiger partial charge in [-0.05, 0) is 18.6 Å². The van der Waals surface area contributed by atoms with E-state index in [-0.39, 0.29) is 109 Å². The molecule has 1 aromatic rings. The Hall–Kier alpha value is -2.27. The van der Waals surface area contributed by atoms with Gasteiger partial charge in [0, 0.05) is 0 Å². The molecular weight excluding hydrogens is 560 g/mol. The minimum absolute atomic E-state index is 0.0539. The van der Waals surface area contributed by atoms with Gasteiger partial charge in [-0.1, -0.05) is 6.92 Å². The Morgan fingerprint density at radius 2 is 0.881 bits per heavy atom. The number of aliphatic hydroxyl groups is 3. The van der Waals surface area contributed by atoms with Crippen LogP contribution >= 0.6 is 0 Å². The highest BCUT2D eigenvalue weighted by Gasteiger charge is 2.20. The quantitative estimate of drug-likeness (QED) is 0.0813. The first-order valence-electron chi connectivity index (χ1n) is 14.2. The van der Waals surface area contributed by atoms with E-state index in [0.29, 0.717) is 46.1 Å². The number of rotatable bonds is 30. The van der Waals surface area contributed by atoms with Gasteiger partial charge >= 0.3 is 5.97 Å². The van der Waals surface area contributed by atoms with Crippen LogP contribution in [0, 0.1) is 0 Å². The van der Waals surface area contributed by atoms with Crippen LogP contribution in [0.4, 0.5) is 0 Å². The van der Waals surface area contributed by atoms with Crippen LogP contribution in [0.5, 0.6) is 17.2 Å². The van der Waals surface area contributed by atoms with E-state index < -0.39 is 5.97 Å². The highest BCUT2D eigenvalue weighted by molar-refractivity contribution is 5.91. The first kappa shape index (κ1) is 37.8. The van der Waals surface area contributed by atoms with Crippen LogP contribution < -0.4 is 14.2 Å². The van der Waals surface area contributed by atoms with Crippen molar-refractivity contribution in [3.8, 4) is 17.2 Å². The third-order valence-electron chi connectivity index (χ3n) is 4.96. The summed E-state index contributed by atoms with van der Waals surface area (Å²) >= 11 is 0. The molecule has 244 valence electrons.